The normalized spacial score (nSPS) is 11.2. The Morgan fingerprint density at radius 2 is 2.00 bits per heavy atom. The maximum absolute atomic E-state index is 12.2. The standard InChI is InChI=1S/C17H20N4O7S/c1-28-10-9-20-12-13(5-6-16(20)22)17(23)18-7-8-19-29(26,27)15-4-2-3-14(11-15)21(24)25/h2-6,11-12,19H,7-10H2,1H3,(H,18,23). The molecule has 1 aromatic carbocycles. The van der Waals surface area contributed by atoms with Crippen LogP contribution in [0.2, 0.25) is 0 Å². The molecule has 12 heteroatoms. The fraction of sp³-hybridized carbons (Fsp3) is 0.294. The van der Waals surface area contributed by atoms with Crippen LogP contribution in [-0.2, 0) is 21.3 Å². The van der Waals surface area contributed by atoms with E-state index in [1.54, 1.807) is 0 Å². The first-order valence-corrected chi connectivity index (χ1v) is 9.94. The molecule has 2 rings (SSSR count). The number of hydrogen-bond acceptors (Lipinski definition) is 7. The van der Waals surface area contributed by atoms with E-state index in [4.69, 9.17) is 4.74 Å². The zero-order chi connectivity index (χ0) is 21.4. The number of nitro groups is 1. The van der Waals surface area contributed by atoms with Gasteiger partial charge in [0.1, 0.15) is 0 Å². The van der Waals surface area contributed by atoms with Crippen molar-refractivity contribution in [2.75, 3.05) is 26.8 Å². The third-order valence-corrected chi connectivity index (χ3v) is 5.28. The molecule has 29 heavy (non-hydrogen) atoms. The summed E-state index contributed by atoms with van der Waals surface area (Å²) in [5.41, 5.74) is -0.379. The number of hydrogen-bond donors (Lipinski definition) is 2. The largest absolute Gasteiger partial charge is 0.383 e. The molecule has 1 amide bonds. The van der Waals surface area contributed by atoms with Crippen molar-refractivity contribution in [1.82, 2.24) is 14.6 Å². The molecular weight excluding hydrogens is 404 g/mol. The Balaban J connectivity index is 1.93. The molecule has 156 valence electrons. The summed E-state index contributed by atoms with van der Waals surface area (Å²) in [4.78, 5) is 33.7. The Hall–Kier alpha value is -3.09. The number of carbonyl (C=O) groups is 1. The van der Waals surface area contributed by atoms with E-state index in [9.17, 15) is 28.1 Å². The van der Waals surface area contributed by atoms with Crippen LogP contribution in [0, 0.1) is 10.1 Å². The lowest BCUT2D eigenvalue weighted by atomic mass is 10.2. The molecule has 0 saturated carbocycles. The highest BCUT2D eigenvalue weighted by Gasteiger charge is 2.17. The smallest absolute Gasteiger partial charge is 0.270 e. The van der Waals surface area contributed by atoms with Gasteiger partial charge in [-0.05, 0) is 12.1 Å². The monoisotopic (exact) mass is 424 g/mol. The van der Waals surface area contributed by atoms with Crippen LogP contribution in [-0.4, -0.2) is 50.6 Å². The molecule has 0 bridgehead atoms. The van der Waals surface area contributed by atoms with Crippen molar-refractivity contribution in [2.24, 2.45) is 0 Å². The van der Waals surface area contributed by atoms with E-state index >= 15 is 0 Å². The summed E-state index contributed by atoms with van der Waals surface area (Å²) in [6, 6.07) is 7.27. The Morgan fingerprint density at radius 3 is 2.69 bits per heavy atom. The van der Waals surface area contributed by atoms with Crippen LogP contribution in [0.5, 0.6) is 0 Å². The minimum absolute atomic E-state index is 0.0236. The van der Waals surface area contributed by atoms with Gasteiger partial charge in [0.25, 0.3) is 17.2 Å². The van der Waals surface area contributed by atoms with E-state index in [-0.39, 0.29) is 34.8 Å². The number of ether oxygens (including phenoxy) is 1. The number of nitrogens with zero attached hydrogens (tertiary/aromatic N) is 2. The summed E-state index contributed by atoms with van der Waals surface area (Å²) >= 11 is 0. The molecule has 0 spiro atoms. The fourth-order valence-corrected chi connectivity index (χ4v) is 3.41. The lowest BCUT2D eigenvalue weighted by Crippen LogP contribution is -2.35. The molecule has 0 aliphatic rings. The average molecular weight is 424 g/mol. The predicted molar refractivity (Wildman–Crippen MR) is 103 cm³/mol. The fourth-order valence-electron chi connectivity index (χ4n) is 2.34. The van der Waals surface area contributed by atoms with Gasteiger partial charge in [-0.15, -0.1) is 0 Å². The van der Waals surface area contributed by atoms with Crippen LogP contribution in [0.25, 0.3) is 0 Å². The molecule has 0 saturated heterocycles. The second-order valence-electron chi connectivity index (χ2n) is 5.85. The first-order chi connectivity index (χ1) is 13.7. The number of aromatic nitrogens is 1. The van der Waals surface area contributed by atoms with Gasteiger partial charge in [0.2, 0.25) is 10.0 Å². The number of non-ortho nitro benzene ring substituents is 1. The van der Waals surface area contributed by atoms with Gasteiger partial charge >= 0.3 is 0 Å². The molecule has 0 fully saturated rings. The third-order valence-electron chi connectivity index (χ3n) is 3.82. The Morgan fingerprint density at radius 1 is 1.24 bits per heavy atom. The zero-order valence-electron chi connectivity index (χ0n) is 15.5. The summed E-state index contributed by atoms with van der Waals surface area (Å²) in [5, 5.41) is 13.3. The number of pyridine rings is 1. The number of amides is 1. The number of sulfonamides is 1. The second-order valence-corrected chi connectivity index (χ2v) is 7.62. The van der Waals surface area contributed by atoms with Crippen LogP contribution >= 0.6 is 0 Å². The predicted octanol–water partition coefficient (Wildman–Crippen LogP) is 0.111. The summed E-state index contributed by atoms with van der Waals surface area (Å²) < 4.78 is 32.9. The van der Waals surface area contributed by atoms with E-state index in [0.29, 0.717) is 13.2 Å². The van der Waals surface area contributed by atoms with E-state index in [0.717, 1.165) is 6.07 Å². The number of rotatable bonds is 10. The summed E-state index contributed by atoms with van der Waals surface area (Å²) in [6.45, 7) is 0.453. The van der Waals surface area contributed by atoms with Crippen LogP contribution in [0.1, 0.15) is 10.4 Å². The maximum atomic E-state index is 12.2. The number of methoxy groups -OCH3 is 1. The topological polar surface area (TPSA) is 150 Å². The molecule has 0 aliphatic heterocycles. The highest BCUT2D eigenvalue weighted by Crippen LogP contribution is 2.16. The molecule has 1 aromatic heterocycles. The summed E-state index contributed by atoms with van der Waals surface area (Å²) in [6.07, 6.45) is 1.39. The summed E-state index contributed by atoms with van der Waals surface area (Å²) in [7, 11) is -2.47. The van der Waals surface area contributed by atoms with Gasteiger partial charge in [0.05, 0.1) is 22.0 Å². The Kier molecular flexibility index (Phi) is 7.59. The quantitative estimate of drug-likeness (QED) is 0.312. The lowest BCUT2D eigenvalue weighted by Gasteiger charge is -2.10. The number of carbonyl (C=O) groups excluding carboxylic acids is 1. The van der Waals surface area contributed by atoms with Gasteiger partial charge in [0.15, 0.2) is 0 Å². The minimum Gasteiger partial charge on any atom is -0.383 e. The van der Waals surface area contributed by atoms with Crippen molar-refractivity contribution in [3.05, 3.63) is 68.6 Å². The highest BCUT2D eigenvalue weighted by molar-refractivity contribution is 7.89. The van der Waals surface area contributed by atoms with Crippen molar-refractivity contribution >= 4 is 21.6 Å². The van der Waals surface area contributed by atoms with Gasteiger partial charge in [-0.3, -0.25) is 19.7 Å². The van der Waals surface area contributed by atoms with Gasteiger partial charge in [-0.25, -0.2) is 13.1 Å². The molecule has 1 heterocycles. The molecule has 0 unspecified atom stereocenters. The number of nitrogens with one attached hydrogen (secondary N) is 2. The number of benzene rings is 1. The Labute approximate surface area is 166 Å². The van der Waals surface area contributed by atoms with Crippen LogP contribution in [0.3, 0.4) is 0 Å². The van der Waals surface area contributed by atoms with E-state index in [2.05, 4.69) is 10.0 Å². The maximum Gasteiger partial charge on any atom is 0.270 e. The van der Waals surface area contributed by atoms with Crippen molar-refractivity contribution in [3.63, 3.8) is 0 Å². The molecule has 0 radical (unpaired) electrons. The van der Waals surface area contributed by atoms with Crippen molar-refractivity contribution in [2.45, 2.75) is 11.4 Å². The number of nitro benzene ring substituents is 1. The molecule has 0 atom stereocenters. The van der Waals surface area contributed by atoms with Gasteiger partial charge in [-0.2, -0.15) is 0 Å². The van der Waals surface area contributed by atoms with E-state index < -0.39 is 20.9 Å². The average Bonchev–Trinajstić information content (AvgIpc) is 2.70. The van der Waals surface area contributed by atoms with E-state index in [1.807, 2.05) is 0 Å². The third kappa shape index (κ3) is 6.20. The first kappa shape index (κ1) is 22.2. The van der Waals surface area contributed by atoms with E-state index in [1.165, 1.54) is 48.2 Å². The molecule has 11 nitrogen and oxygen atoms in total. The molecular formula is C17H20N4O7S. The van der Waals surface area contributed by atoms with Crippen molar-refractivity contribution in [1.29, 1.82) is 0 Å². The van der Waals surface area contributed by atoms with Gasteiger partial charge in [0, 0.05) is 51.1 Å². The van der Waals surface area contributed by atoms with Crippen LogP contribution in [0.4, 0.5) is 5.69 Å². The Bertz CT molecular complexity index is 1050. The first-order valence-electron chi connectivity index (χ1n) is 8.46. The minimum atomic E-state index is -3.97. The lowest BCUT2D eigenvalue weighted by molar-refractivity contribution is -0.385. The van der Waals surface area contributed by atoms with Gasteiger partial charge in [-0.1, -0.05) is 6.07 Å². The highest BCUT2D eigenvalue weighted by atomic mass is 32.2. The zero-order valence-corrected chi connectivity index (χ0v) is 16.3. The summed E-state index contributed by atoms with van der Waals surface area (Å²) in [5.74, 6) is -0.481. The van der Waals surface area contributed by atoms with Crippen molar-refractivity contribution < 1.29 is 22.9 Å². The van der Waals surface area contributed by atoms with Gasteiger partial charge < -0.3 is 14.6 Å². The molecule has 0 aliphatic carbocycles. The van der Waals surface area contributed by atoms with Crippen molar-refractivity contribution in [3.8, 4) is 0 Å². The van der Waals surface area contributed by atoms with Crippen LogP contribution < -0.4 is 15.6 Å². The SMILES string of the molecule is COCCn1cc(C(=O)NCCNS(=O)(=O)c2cccc([N+](=O)[O-])c2)ccc1=O. The molecule has 2 N–H and O–H groups in total. The van der Waals surface area contributed by atoms with Crippen LogP contribution in [0.15, 0.2) is 52.3 Å². The molecule has 2 aromatic rings. The second kappa shape index (κ2) is 9.91.